The molecular formula is C16H22O3. The molecule has 0 aromatic heterocycles. The SMILES string of the molecule is OC[C@@H](c1ccccc1)[C@@H]1CCCC2(C1)OCCO2. The van der Waals surface area contributed by atoms with Gasteiger partial charge in [0, 0.05) is 18.8 Å². The second kappa shape index (κ2) is 5.61. The van der Waals surface area contributed by atoms with Gasteiger partial charge < -0.3 is 14.6 Å². The maximum atomic E-state index is 9.78. The zero-order chi connectivity index (χ0) is 13.1. The quantitative estimate of drug-likeness (QED) is 0.910. The van der Waals surface area contributed by atoms with Crippen LogP contribution in [0.25, 0.3) is 0 Å². The molecule has 1 aliphatic heterocycles. The van der Waals surface area contributed by atoms with Gasteiger partial charge in [-0.15, -0.1) is 0 Å². The number of ether oxygens (including phenoxy) is 2. The minimum atomic E-state index is -0.356. The Morgan fingerprint density at radius 1 is 1.21 bits per heavy atom. The Morgan fingerprint density at radius 3 is 2.63 bits per heavy atom. The van der Waals surface area contributed by atoms with Crippen molar-refractivity contribution in [2.45, 2.75) is 37.4 Å². The summed E-state index contributed by atoms with van der Waals surface area (Å²) >= 11 is 0. The van der Waals surface area contributed by atoms with E-state index in [0.29, 0.717) is 19.1 Å². The average molecular weight is 262 g/mol. The second-order valence-electron chi connectivity index (χ2n) is 5.66. The molecule has 0 radical (unpaired) electrons. The van der Waals surface area contributed by atoms with Crippen molar-refractivity contribution < 1.29 is 14.6 Å². The lowest BCUT2D eigenvalue weighted by Crippen LogP contribution is -2.38. The van der Waals surface area contributed by atoms with Crippen LogP contribution in [0.2, 0.25) is 0 Å². The van der Waals surface area contributed by atoms with Crippen molar-refractivity contribution in [3.05, 3.63) is 35.9 Å². The van der Waals surface area contributed by atoms with Gasteiger partial charge in [0.05, 0.1) is 19.8 Å². The fourth-order valence-corrected chi connectivity index (χ4v) is 3.57. The van der Waals surface area contributed by atoms with E-state index in [1.807, 2.05) is 18.2 Å². The van der Waals surface area contributed by atoms with E-state index in [1.165, 1.54) is 5.56 Å². The third-order valence-corrected chi connectivity index (χ3v) is 4.51. The summed E-state index contributed by atoms with van der Waals surface area (Å²) in [6, 6.07) is 10.3. The highest BCUT2D eigenvalue weighted by Gasteiger charge is 2.43. The summed E-state index contributed by atoms with van der Waals surface area (Å²) in [5.74, 6) is 0.288. The Morgan fingerprint density at radius 2 is 1.95 bits per heavy atom. The molecule has 1 spiro atoms. The van der Waals surface area contributed by atoms with Crippen LogP contribution in [0.4, 0.5) is 0 Å². The Kier molecular flexibility index (Phi) is 3.87. The summed E-state index contributed by atoms with van der Waals surface area (Å²) in [5.41, 5.74) is 1.23. The first-order valence-electron chi connectivity index (χ1n) is 7.27. The van der Waals surface area contributed by atoms with E-state index in [2.05, 4.69) is 12.1 Å². The Bertz CT molecular complexity index is 398. The molecule has 3 rings (SSSR count). The van der Waals surface area contributed by atoms with Gasteiger partial charge in [-0.25, -0.2) is 0 Å². The van der Waals surface area contributed by atoms with Crippen molar-refractivity contribution in [1.29, 1.82) is 0 Å². The maximum absolute atomic E-state index is 9.78. The highest BCUT2D eigenvalue weighted by Crippen LogP contribution is 2.44. The fraction of sp³-hybridized carbons (Fsp3) is 0.625. The highest BCUT2D eigenvalue weighted by molar-refractivity contribution is 5.20. The van der Waals surface area contributed by atoms with Crippen LogP contribution >= 0.6 is 0 Å². The van der Waals surface area contributed by atoms with Gasteiger partial charge in [0.2, 0.25) is 0 Å². The summed E-state index contributed by atoms with van der Waals surface area (Å²) in [5, 5.41) is 9.78. The normalized spacial score (nSPS) is 27.5. The monoisotopic (exact) mass is 262 g/mol. The second-order valence-corrected chi connectivity index (χ2v) is 5.66. The molecule has 2 fully saturated rings. The molecule has 2 atom stereocenters. The van der Waals surface area contributed by atoms with Gasteiger partial charge in [0.1, 0.15) is 0 Å². The van der Waals surface area contributed by atoms with Gasteiger partial charge >= 0.3 is 0 Å². The number of benzene rings is 1. The largest absolute Gasteiger partial charge is 0.396 e. The molecule has 1 saturated heterocycles. The van der Waals surface area contributed by atoms with Gasteiger partial charge in [-0.2, -0.15) is 0 Å². The Hall–Kier alpha value is -0.900. The molecule has 19 heavy (non-hydrogen) atoms. The van der Waals surface area contributed by atoms with Crippen molar-refractivity contribution >= 4 is 0 Å². The van der Waals surface area contributed by atoms with Crippen LogP contribution in [0.5, 0.6) is 0 Å². The van der Waals surface area contributed by atoms with E-state index in [1.54, 1.807) is 0 Å². The smallest absolute Gasteiger partial charge is 0.168 e. The topological polar surface area (TPSA) is 38.7 Å². The van der Waals surface area contributed by atoms with E-state index in [4.69, 9.17) is 9.47 Å². The zero-order valence-corrected chi connectivity index (χ0v) is 11.3. The lowest BCUT2D eigenvalue weighted by Gasteiger charge is -2.39. The molecule has 0 unspecified atom stereocenters. The van der Waals surface area contributed by atoms with Crippen molar-refractivity contribution in [2.75, 3.05) is 19.8 Å². The summed E-state index contributed by atoms with van der Waals surface area (Å²) in [7, 11) is 0. The lowest BCUT2D eigenvalue weighted by atomic mass is 9.75. The van der Waals surface area contributed by atoms with Crippen molar-refractivity contribution in [3.63, 3.8) is 0 Å². The summed E-state index contributed by atoms with van der Waals surface area (Å²) in [6.07, 6.45) is 4.17. The van der Waals surface area contributed by atoms with Gasteiger partial charge in [-0.05, 0) is 24.3 Å². The molecule has 0 bridgehead atoms. The van der Waals surface area contributed by atoms with E-state index in [-0.39, 0.29) is 18.3 Å². The van der Waals surface area contributed by atoms with E-state index < -0.39 is 0 Å². The standard InChI is InChI=1S/C16H22O3/c17-12-15(13-5-2-1-3-6-13)14-7-4-8-16(11-14)18-9-10-19-16/h1-3,5-6,14-15,17H,4,7-12H2/t14-,15+/m1/s1. The van der Waals surface area contributed by atoms with Gasteiger partial charge in [0.15, 0.2) is 5.79 Å². The predicted octanol–water partition coefficient (Wildman–Crippen LogP) is 2.70. The number of rotatable bonds is 3. The minimum Gasteiger partial charge on any atom is -0.396 e. The van der Waals surface area contributed by atoms with Crippen molar-refractivity contribution in [2.24, 2.45) is 5.92 Å². The predicted molar refractivity (Wildman–Crippen MR) is 72.9 cm³/mol. The minimum absolute atomic E-state index is 0.199. The number of hydrogen-bond donors (Lipinski definition) is 1. The molecule has 104 valence electrons. The van der Waals surface area contributed by atoms with Crippen LogP contribution in [-0.4, -0.2) is 30.7 Å². The van der Waals surface area contributed by atoms with Crippen LogP contribution in [0.1, 0.15) is 37.2 Å². The van der Waals surface area contributed by atoms with E-state index >= 15 is 0 Å². The maximum Gasteiger partial charge on any atom is 0.168 e. The van der Waals surface area contributed by atoms with Crippen LogP contribution in [-0.2, 0) is 9.47 Å². The number of hydrogen-bond acceptors (Lipinski definition) is 3. The summed E-state index contributed by atoms with van der Waals surface area (Å²) < 4.78 is 11.7. The van der Waals surface area contributed by atoms with E-state index in [0.717, 1.165) is 25.7 Å². The first kappa shape index (κ1) is 13.1. The molecule has 3 heteroatoms. The van der Waals surface area contributed by atoms with Crippen LogP contribution in [0.3, 0.4) is 0 Å². The summed E-state index contributed by atoms with van der Waals surface area (Å²) in [6.45, 7) is 1.62. The molecule has 1 saturated carbocycles. The first-order valence-corrected chi connectivity index (χ1v) is 7.27. The van der Waals surface area contributed by atoms with Crippen molar-refractivity contribution in [3.8, 4) is 0 Å². The molecular weight excluding hydrogens is 240 g/mol. The molecule has 1 aliphatic carbocycles. The number of aliphatic hydroxyl groups is 1. The Balaban J connectivity index is 1.76. The summed E-state index contributed by atoms with van der Waals surface area (Å²) in [4.78, 5) is 0. The molecule has 0 amide bonds. The zero-order valence-electron chi connectivity index (χ0n) is 11.3. The van der Waals surface area contributed by atoms with Gasteiger partial charge in [-0.3, -0.25) is 0 Å². The first-order chi connectivity index (χ1) is 9.33. The fourth-order valence-electron chi connectivity index (χ4n) is 3.57. The van der Waals surface area contributed by atoms with Crippen LogP contribution in [0.15, 0.2) is 30.3 Å². The lowest BCUT2D eigenvalue weighted by molar-refractivity contribution is -0.189. The molecule has 1 heterocycles. The molecule has 2 aliphatic rings. The van der Waals surface area contributed by atoms with Gasteiger partial charge in [-0.1, -0.05) is 30.3 Å². The number of aliphatic hydroxyl groups excluding tert-OH is 1. The molecule has 1 aromatic carbocycles. The van der Waals surface area contributed by atoms with Crippen LogP contribution in [0, 0.1) is 5.92 Å². The van der Waals surface area contributed by atoms with Crippen LogP contribution < -0.4 is 0 Å². The van der Waals surface area contributed by atoms with E-state index in [9.17, 15) is 5.11 Å². The highest BCUT2D eigenvalue weighted by atomic mass is 16.7. The molecule has 1 aromatic rings. The Labute approximate surface area is 114 Å². The molecule has 1 N–H and O–H groups in total. The van der Waals surface area contributed by atoms with Crippen molar-refractivity contribution in [1.82, 2.24) is 0 Å². The third-order valence-electron chi connectivity index (χ3n) is 4.51. The van der Waals surface area contributed by atoms with Gasteiger partial charge in [0.25, 0.3) is 0 Å². The average Bonchev–Trinajstić information content (AvgIpc) is 2.89. The molecule has 3 nitrogen and oxygen atoms in total. The third kappa shape index (κ3) is 2.69.